The van der Waals surface area contributed by atoms with Gasteiger partial charge in [-0.15, -0.1) is 0 Å². The molecule has 0 atom stereocenters. The lowest BCUT2D eigenvalue weighted by Crippen LogP contribution is -2.47. The summed E-state index contributed by atoms with van der Waals surface area (Å²) in [5, 5.41) is 3.04. The molecular weight excluding hydrogens is 348 g/mol. The van der Waals surface area contributed by atoms with Crippen LogP contribution in [-0.4, -0.2) is 55.9 Å². The van der Waals surface area contributed by atoms with Gasteiger partial charge in [0.2, 0.25) is 0 Å². The summed E-state index contributed by atoms with van der Waals surface area (Å²) >= 11 is 0. The fourth-order valence-electron chi connectivity index (χ4n) is 3.02. The van der Waals surface area contributed by atoms with Crippen LogP contribution in [0.4, 0.5) is 4.79 Å². The number of hydrogen-bond donors (Lipinski definition) is 1. The zero-order valence-electron chi connectivity index (χ0n) is 17.0. The van der Waals surface area contributed by atoms with Crippen molar-refractivity contribution in [2.24, 2.45) is 0 Å². The van der Waals surface area contributed by atoms with Crippen molar-refractivity contribution in [1.29, 1.82) is 0 Å². The summed E-state index contributed by atoms with van der Waals surface area (Å²) in [5.41, 5.74) is 0.831. The van der Waals surface area contributed by atoms with Crippen LogP contribution in [0.1, 0.15) is 49.5 Å². The number of piperidine rings is 1. The molecule has 0 unspecified atom stereocenters. The number of nitrogens with one attached hydrogen (secondary N) is 1. The van der Waals surface area contributed by atoms with Crippen LogP contribution in [0, 0.1) is 6.92 Å². The largest absolute Gasteiger partial charge is 0.496 e. The second-order valence-corrected chi connectivity index (χ2v) is 7.72. The molecule has 27 heavy (non-hydrogen) atoms. The van der Waals surface area contributed by atoms with Crippen LogP contribution >= 0.6 is 0 Å². The molecule has 0 radical (unpaired) electrons. The second kappa shape index (κ2) is 8.50. The molecule has 1 heterocycles. The Labute approximate surface area is 161 Å². The fourth-order valence-corrected chi connectivity index (χ4v) is 3.02. The van der Waals surface area contributed by atoms with Gasteiger partial charge in [0, 0.05) is 30.3 Å². The van der Waals surface area contributed by atoms with Gasteiger partial charge < -0.3 is 24.4 Å². The summed E-state index contributed by atoms with van der Waals surface area (Å²) in [4.78, 5) is 26.4. The molecule has 2 amide bonds. The topological polar surface area (TPSA) is 77.1 Å². The van der Waals surface area contributed by atoms with E-state index in [0.717, 1.165) is 5.56 Å². The highest BCUT2D eigenvalue weighted by atomic mass is 16.6. The number of nitrogens with zero attached hydrogens (tertiary/aromatic N) is 1. The highest BCUT2D eigenvalue weighted by molar-refractivity contribution is 5.95. The van der Waals surface area contributed by atoms with Gasteiger partial charge in [0.1, 0.15) is 17.1 Å². The first-order valence-electron chi connectivity index (χ1n) is 9.16. The maximum Gasteiger partial charge on any atom is 0.410 e. The third-order valence-corrected chi connectivity index (χ3v) is 4.50. The number of carbonyl (C=O) groups is 2. The van der Waals surface area contributed by atoms with Gasteiger partial charge in [0.25, 0.3) is 5.91 Å². The third-order valence-electron chi connectivity index (χ3n) is 4.50. The number of amides is 2. The zero-order valence-corrected chi connectivity index (χ0v) is 17.0. The SMILES string of the molecule is COc1cc(C(=O)NC2CCN(C(=O)OC(C)(C)C)CC2)cc(OC)c1C. The van der Waals surface area contributed by atoms with Crippen LogP contribution in [-0.2, 0) is 4.74 Å². The molecule has 1 N–H and O–H groups in total. The number of methoxy groups -OCH3 is 2. The fraction of sp³-hybridized carbons (Fsp3) is 0.600. The van der Waals surface area contributed by atoms with Crippen molar-refractivity contribution >= 4 is 12.0 Å². The smallest absolute Gasteiger partial charge is 0.410 e. The Hall–Kier alpha value is -2.44. The molecule has 0 bridgehead atoms. The first-order chi connectivity index (χ1) is 12.6. The van der Waals surface area contributed by atoms with E-state index < -0.39 is 5.60 Å². The van der Waals surface area contributed by atoms with Crippen molar-refractivity contribution in [3.8, 4) is 11.5 Å². The minimum absolute atomic E-state index is 0.00878. The van der Waals surface area contributed by atoms with E-state index in [1.165, 1.54) is 0 Å². The number of likely N-dealkylation sites (tertiary alicyclic amines) is 1. The summed E-state index contributed by atoms with van der Waals surface area (Å²) in [6, 6.07) is 3.43. The highest BCUT2D eigenvalue weighted by Crippen LogP contribution is 2.29. The Bertz CT molecular complexity index is 663. The van der Waals surface area contributed by atoms with Crippen molar-refractivity contribution in [2.45, 2.75) is 52.2 Å². The Kier molecular flexibility index (Phi) is 6.57. The van der Waals surface area contributed by atoms with Crippen LogP contribution in [0.5, 0.6) is 11.5 Å². The van der Waals surface area contributed by atoms with Crippen molar-refractivity contribution in [2.75, 3.05) is 27.3 Å². The molecule has 150 valence electrons. The molecule has 0 aromatic heterocycles. The van der Waals surface area contributed by atoms with E-state index in [1.54, 1.807) is 31.3 Å². The molecule has 1 aliphatic rings. The first kappa shape index (κ1) is 20.9. The number of carbonyl (C=O) groups excluding carboxylic acids is 2. The van der Waals surface area contributed by atoms with Crippen LogP contribution in [0.15, 0.2) is 12.1 Å². The monoisotopic (exact) mass is 378 g/mol. The first-order valence-corrected chi connectivity index (χ1v) is 9.16. The maximum atomic E-state index is 12.6. The predicted octanol–water partition coefficient (Wildman–Crippen LogP) is 3.14. The molecule has 1 aliphatic heterocycles. The molecule has 7 heteroatoms. The average molecular weight is 378 g/mol. The lowest BCUT2D eigenvalue weighted by atomic mass is 10.0. The Morgan fingerprint density at radius 1 is 1.07 bits per heavy atom. The van der Waals surface area contributed by atoms with Crippen molar-refractivity contribution < 1.29 is 23.8 Å². The van der Waals surface area contributed by atoms with Gasteiger partial charge in [0.15, 0.2) is 0 Å². The molecule has 0 saturated carbocycles. The minimum Gasteiger partial charge on any atom is -0.496 e. The quantitative estimate of drug-likeness (QED) is 0.871. The summed E-state index contributed by atoms with van der Waals surface area (Å²) in [6.45, 7) is 8.54. The average Bonchev–Trinajstić information content (AvgIpc) is 2.61. The minimum atomic E-state index is -0.508. The summed E-state index contributed by atoms with van der Waals surface area (Å²) < 4.78 is 16.1. The normalized spacial score (nSPS) is 15.3. The highest BCUT2D eigenvalue weighted by Gasteiger charge is 2.28. The van der Waals surface area contributed by atoms with Crippen molar-refractivity contribution in [3.05, 3.63) is 23.3 Å². The third kappa shape index (κ3) is 5.52. The van der Waals surface area contributed by atoms with Crippen LogP contribution in [0.3, 0.4) is 0 Å². The summed E-state index contributed by atoms with van der Waals surface area (Å²) in [5.74, 6) is 1.04. The maximum absolute atomic E-state index is 12.6. The van der Waals surface area contributed by atoms with Crippen molar-refractivity contribution in [1.82, 2.24) is 10.2 Å². The molecule has 0 aliphatic carbocycles. The van der Waals surface area contributed by atoms with E-state index in [2.05, 4.69) is 5.32 Å². The molecule has 7 nitrogen and oxygen atoms in total. The zero-order chi connectivity index (χ0) is 20.2. The van der Waals surface area contributed by atoms with Gasteiger partial charge in [-0.1, -0.05) is 0 Å². The second-order valence-electron chi connectivity index (χ2n) is 7.72. The van der Waals surface area contributed by atoms with E-state index in [4.69, 9.17) is 14.2 Å². The molecule has 1 aromatic rings. The van der Waals surface area contributed by atoms with E-state index in [9.17, 15) is 9.59 Å². The standard InChI is InChI=1S/C20H30N2O5/c1-13-16(25-5)11-14(12-17(13)26-6)18(23)21-15-7-9-22(10-8-15)19(24)27-20(2,3)4/h11-12,15H,7-10H2,1-6H3,(H,21,23). The Balaban J connectivity index is 1.96. The van der Waals surface area contributed by atoms with Crippen molar-refractivity contribution in [3.63, 3.8) is 0 Å². The van der Waals surface area contributed by atoms with Gasteiger partial charge in [-0.05, 0) is 52.7 Å². The molecule has 1 aromatic carbocycles. The predicted molar refractivity (Wildman–Crippen MR) is 103 cm³/mol. The molecule has 1 saturated heterocycles. The van der Waals surface area contributed by atoms with Crippen LogP contribution in [0.2, 0.25) is 0 Å². The number of ether oxygens (including phenoxy) is 3. The Morgan fingerprint density at radius 2 is 1.59 bits per heavy atom. The number of hydrogen-bond acceptors (Lipinski definition) is 5. The molecule has 0 spiro atoms. The summed E-state index contributed by atoms with van der Waals surface area (Å²) in [7, 11) is 3.13. The van der Waals surface area contributed by atoms with Gasteiger partial charge >= 0.3 is 6.09 Å². The molecule has 1 fully saturated rings. The number of benzene rings is 1. The lowest BCUT2D eigenvalue weighted by Gasteiger charge is -2.33. The van der Waals surface area contributed by atoms with E-state index in [0.29, 0.717) is 43.0 Å². The molecular formula is C20H30N2O5. The number of rotatable bonds is 4. The Morgan fingerprint density at radius 3 is 2.04 bits per heavy atom. The van der Waals surface area contributed by atoms with Gasteiger partial charge in [-0.2, -0.15) is 0 Å². The lowest BCUT2D eigenvalue weighted by molar-refractivity contribution is 0.0199. The summed E-state index contributed by atoms with van der Waals surface area (Å²) in [6.07, 6.45) is 1.07. The van der Waals surface area contributed by atoms with Crippen LogP contribution < -0.4 is 14.8 Å². The van der Waals surface area contributed by atoms with Gasteiger partial charge in [0.05, 0.1) is 14.2 Å². The van der Waals surface area contributed by atoms with Gasteiger partial charge in [-0.25, -0.2) is 4.79 Å². The van der Waals surface area contributed by atoms with E-state index in [1.807, 2.05) is 27.7 Å². The van der Waals surface area contributed by atoms with Gasteiger partial charge in [-0.3, -0.25) is 4.79 Å². The van der Waals surface area contributed by atoms with E-state index in [-0.39, 0.29) is 18.0 Å². The van der Waals surface area contributed by atoms with Crippen LogP contribution in [0.25, 0.3) is 0 Å². The van der Waals surface area contributed by atoms with E-state index >= 15 is 0 Å². The molecule has 2 rings (SSSR count).